The summed E-state index contributed by atoms with van der Waals surface area (Å²) < 4.78 is 1.96. The molecule has 2 aromatic carbocycles. The Kier molecular flexibility index (Phi) is 6.29. The molecule has 8 heteroatoms. The SMILES string of the molecule is Cc1cccc(NC(=O)CSc2nnc(N3CCCC3)n2-c2ccccc2Cl)c1C. The lowest BCUT2D eigenvalue weighted by Gasteiger charge is -2.19. The number of anilines is 2. The molecule has 0 spiro atoms. The molecule has 1 fully saturated rings. The number of halogens is 1. The molecule has 0 saturated carbocycles. The van der Waals surface area contributed by atoms with Gasteiger partial charge >= 0.3 is 0 Å². The second kappa shape index (κ2) is 9.10. The van der Waals surface area contributed by atoms with Gasteiger partial charge in [-0.1, -0.05) is 47.6 Å². The number of hydrogen-bond donors (Lipinski definition) is 1. The Morgan fingerprint density at radius 2 is 1.87 bits per heavy atom. The van der Waals surface area contributed by atoms with E-state index in [1.807, 2.05) is 60.9 Å². The quantitative estimate of drug-likeness (QED) is 0.553. The van der Waals surface area contributed by atoms with Crippen molar-refractivity contribution in [3.05, 3.63) is 58.6 Å². The van der Waals surface area contributed by atoms with Gasteiger partial charge in [-0.2, -0.15) is 0 Å². The molecule has 30 heavy (non-hydrogen) atoms. The summed E-state index contributed by atoms with van der Waals surface area (Å²) in [6.45, 7) is 5.93. The molecule has 1 aromatic heterocycles. The van der Waals surface area contributed by atoms with Crippen LogP contribution in [-0.4, -0.2) is 39.5 Å². The molecule has 2 heterocycles. The summed E-state index contributed by atoms with van der Waals surface area (Å²) in [5.74, 6) is 0.929. The van der Waals surface area contributed by atoms with Gasteiger partial charge in [0.1, 0.15) is 0 Å². The molecule has 1 amide bonds. The molecule has 1 aliphatic heterocycles. The molecule has 6 nitrogen and oxygen atoms in total. The van der Waals surface area contributed by atoms with Crippen LogP contribution < -0.4 is 10.2 Å². The molecule has 1 saturated heterocycles. The summed E-state index contributed by atoms with van der Waals surface area (Å²) in [5.41, 5.74) is 3.88. The van der Waals surface area contributed by atoms with Crippen LogP contribution in [0, 0.1) is 13.8 Å². The zero-order valence-corrected chi connectivity index (χ0v) is 18.6. The molecule has 0 radical (unpaired) electrons. The fourth-order valence-corrected chi connectivity index (χ4v) is 4.48. The number of nitrogens with one attached hydrogen (secondary N) is 1. The van der Waals surface area contributed by atoms with Gasteiger partial charge in [0.05, 0.1) is 16.5 Å². The van der Waals surface area contributed by atoms with Gasteiger partial charge in [-0.3, -0.25) is 9.36 Å². The number of hydrogen-bond acceptors (Lipinski definition) is 5. The first-order valence-electron chi connectivity index (χ1n) is 9.98. The van der Waals surface area contributed by atoms with Crippen LogP contribution in [0.2, 0.25) is 5.02 Å². The van der Waals surface area contributed by atoms with Gasteiger partial charge in [0.15, 0.2) is 5.16 Å². The third kappa shape index (κ3) is 4.32. The first-order chi connectivity index (χ1) is 14.5. The van der Waals surface area contributed by atoms with Crippen molar-refractivity contribution in [1.82, 2.24) is 14.8 Å². The molecule has 3 aromatic rings. The molecule has 0 aliphatic carbocycles. The van der Waals surface area contributed by atoms with Crippen LogP contribution in [0.5, 0.6) is 0 Å². The largest absolute Gasteiger partial charge is 0.341 e. The number of carbonyl (C=O) groups excluding carboxylic acids is 1. The zero-order valence-electron chi connectivity index (χ0n) is 17.1. The first kappa shape index (κ1) is 20.8. The van der Waals surface area contributed by atoms with Gasteiger partial charge in [-0.15, -0.1) is 10.2 Å². The van der Waals surface area contributed by atoms with Crippen LogP contribution in [0.15, 0.2) is 47.6 Å². The predicted octanol–water partition coefficient (Wildman–Crippen LogP) is 4.87. The van der Waals surface area contributed by atoms with Crippen molar-refractivity contribution in [1.29, 1.82) is 0 Å². The summed E-state index contributed by atoms with van der Waals surface area (Å²) in [5, 5.41) is 13.1. The maximum absolute atomic E-state index is 12.6. The molecule has 156 valence electrons. The monoisotopic (exact) mass is 441 g/mol. The number of aromatic nitrogens is 3. The first-order valence-corrected chi connectivity index (χ1v) is 11.3. The lowest BCUT2D eigenvalue weighted by molar-refractivity contribution is -0.113. The van der Waals surface area contributed by atoms with E-state index in [0.29, 0.717) is 10.2 Å². The summed E-state index contributed by atoms with van der Waals surface area (Å²) in [6.07, 6.45) is 2.27. The van der Waals surface area contributed by atoms with Crippen molar-refractivity contribution in [3.8, 4) is 5.69 Å². The molecule has 1 aliphatic rings. The number of para-hydroxylation sites is 1. The van der Waals surface area contributed by atoms with Crippen LogP contribution in [0.25, 0.3) is 5.69 Å². The van der Waals surface area contributed by atoms with Crippen LogP contribution in [-0.2, 0) is 4.79 Å². The van der Waals surface area contributed by atoms with E-state index in [-0.39, 0.29) is 11.7 Å². The summed E-state index contributed by atoms with van der Waals surface area (Å²) in [4.78, 5) is 14.8. The van der Waals surface area contributed by atoms with E-state index in [1.165, 1.54) is 11.8 Å². The minimum absolute atomic E-state index is 0.0786. The fraction of sp³-hybridized carbons (Fsp3) is 0.318. The summed E-state index contributed by atoms with van der Waals surface area (Å²) in [7, 11) is 0. The fourth-order valence-electron chi connectivity index (χ4n) is 3.52. The molecule has 4 rings (SSSR count). The number of aryl methyl sites for hydroxylation is 1. The van der Waals surface area contributed by atoms with Crippen molar-refractivity contribution in [3.63, 3.8) is 0 Å². The van der Waals surface area contributed by atoms with Crippen LogP contribution in [0.1, 0.15) is 24.0 Å². The molecular weight excluding hydrogens is 418 g/mol. The van der Waals surface area contributed by atoms with Gasteiger partial charge in [-0.25, -0.2) is 0 Å². The highest BCUT2D eigenvalue weighted by Gasteiger charge is 2.24. The molecule has 1 N–H and O–H groups in total. The van der Waals surface area contributed by atoms with Crippen LogP contribution in [0.3, 0.4) is 0 Å². The number of benzene rings is 2. The predicted molar refractivity (Wildman–Crippen MR) is 123 cm³/mol. The Balaban J connectivity index is 1.56. The van der Waals surface area contributed by atoms with Crippen molar-refractivity contribution in [2.45, 2.75) is 31.8 Å². The third-order valence-corrected chi connectivity index (χ3v) is 6.56. The minimum atomic E-state index is -0.0786. The highest BCUT2D eigenvalue weighted by molar-refractivity contribution is 7.99. The van der Waals surface area contributed by atoms with E-state index < -0.39 is 0 Å². The van der Waals surface area contributed by atoms with Crippen molar-refractivity contribution >= 4 is 40.9 Å². The van der Waals surface area contributed by atoms with Gasteiger partial charge in [0.25, 0.3) is 0 Å². The Hall–Kier alpha value is -2.51. The van der Waals surface area contributed by atoms with Crippen LogP contribution in [0.4, 0.5) is 11.6 Å². The van der Waals surface area contributed by atoms with Crippen molar-refractivity contribution < 1.29 is 4.79 Å². The standard InChI is InChI=1S/C22H24ClN5OS/c1-15-8-7-10-18(16(15)2)24-20(29)14-30-22-26-25-21(27-12-5-6-13-27)28(22)19-11-4-3-9-17(19)23/h3-4,7-11H,5-6,12-14H2,1-2H3,(H,24,29). The maximum atomic E-state index is 12.6. The highest BCUT2D eigenvalue weighted by atomic mass is 35.5. The Morgan fingerprint density at radius 3 is 2.63 bits per heavy atom. The normalized spacial score (nSPS) is 13.6. The van der Waals surface area contributed by atoms with Gasteiger partial charge in [0.2, 0.25) is 11.9 Å². The highest BCUT2D eigenvalue weighted by Crippen LogP contribution is 2.32. The van der Waals surface area contributed by atoms with Crippen molar-refractivity contribution in [2.75, 3.05) is 29.1 Å². The minimum Gasteiger partial charge on any atom is -0.341 e. The van der Waals surface area contributed by atoms with Gasteiger partial charge in [0, 0.05) is 18.8 Å². The Bertz CT molecular complexity index is 1060. The molecule has 0 atom stereocenters. The van der Waals surface area contributed by atoms with E-state index >= 15 is 0 Å². The average Bonchev–Trinajstić information content (AvgIpc) is 3.40. The van der Waals surface area contributed by atoms with E-state index in [0.717, 1.165) is 54.4 Å². The van der Waals surface area contributed by atoms with E-state index in [2.05, 4.69) is 20.4 Å². The number of nitrogens with zero attached hydrogens (tertiary/aromatic N) is 4. The number of rotatable bonds is 6. The maximum Gasteiger partial charge on any atom is 0.234 e. The lowest BCUT2D eigenvalue weighted by atomic mass is 10.1. The topological polar surface area (TPSA) is 63.1 Å². The number of carbonyl (C=O) groups is 1. The van der Waals surface area contributed by atoms with Crippen LogP contribution >= 0.6 is 23.4 Å². The van der Waals surface area contributed by atoms with Gasteiger partial charge < -0.3 is 10.2 Å². The Labute approximate surface area is 185 Å². The number of amides is 1. The molecule has 0 unspecified atom stereocenters. The summed E-state index contributed by atoms with van der Waals surface area (Å²) >= 11 is 7.84. The second-order valence-electron chi connectivity index (χ2n) is 7.35. The van der Waals surface area contributed by atoms with Crippen molar-refractivity contribution in [2.24, 2.45) is 0 Å². The average molecular weight is 442 g/mol. The third-order valence-electron chi connectivity index (χ3n) is 5.31. The zero-order chi connectivity index (χ0) is 21.1. The van der Waals surface area contributed by atoms with E-state index in [4.69, 9.17) is 11.6 Å². The molecular formula is C22H24ClN5OS. The lowest BCUT2D eigenvalue weighted by Crippen LogP contribution is -2.22. The number of thioether (sulfide) groups is 1. The van der Waals surface area contributed by atoms with E-state index in [1.54, 1.807) is 0 Å². The van der Waals surface area contributed by atoms with Gasteiger partial charge in [-0.05, 0) is 56.0 Å². The second-order valence-corrected chi connectivity index (χ2v) is 8.70. The smallest absolute Gasteiger partial charge is 0.234 e. The summed E-state index contributed by atoms with van der Waals surface area (Å²) in [6, 6.07) is 13.5. The molecule has 0 bridgehead atoms. The van der Waals surface area contributed by atoms with E-state index in [9.17, 15) is 4.79 Å². The Morgan fingerprint density at radius 1 is 1.10 bits per heavy atom.